The van der Waals surface area contributed by atoms with E-state index in [1.807, 2.05) is 0 Å². The van der Waals surface area contributed by atoms with Crippen molar-refractivity contribution in [1.82, 2.24) is 4.90 Å². The summed E-state index contributed by atoms with van der Waals surface area (Å²) in [5.41, 5.74) is 0. The van der Waals surface area contributed by atoms with Crippen molar-refractivity contribution in [3.8, 4) is 0 Å². The van der Waals surface area contributed by atoms with Gasteiger partial charge in [0.15, 0.2) is 0 Å². The Morgan fingerprint density at radius 2 is 1.24 bits per heavy atom. The minimum absolute atomic E-state index is 0.944. The first-order chi connectivity index (χ1) is 10.3. The second-order valence-electron chi connectivity index (χ2n) is 7.79. The number of hydrogen-bond acceptors (Lipinski definition) is 1. The number of unbranched alkanes of at least 4 members (excludes halogenated alkanes) is 3. The van der Waals surface area contributed by atoms with Crippen molar-refractivity contribution in [2.24, 2.45) is 11.8 Å². The molecule has 1 heterocycles. The third-order valence-corrected chi connectivity index (χ3v) is 6.16. The molecule has 0 aromatic rings. The molecule has 0 unspecified atom stereocenters. The Labute approximate surface area is 133 Å². The van der Waals surface area contributed by atoms with E-state index in [0.29, 0.717) is 0 Å². The molecular formula is C20H39N. The molecule has 1 nitrogen and oxygen atoms in total. The van der Waals surface area contributed by atoms with Crippen LogP contribution >= 0.6 is 0 Å². The molecule has 0 amide bonds. The van der Waals surface area contributed by atoms with Crippen LogP contribution in [0, 0.1) is 11.8 Å². The molecule has 0 bridgehead atoms. The number of piperidine rings is 1. The summed E-state index contributed by atoms with van der Waals surface area (Å²) >= 11 is 0. The van der Waals surface area contributed by atoms with Gasteiger partial charge in [-0.3, -0.25) is 0 Å². The largest absolute Gasteiger partial charge is 0.300 e. The van der Waals surface area contributed by atoms with Gasteiger partial charge in [0.1, 0.15) is 0 Å². The van der Waals surface area contributed by atoms with Crippen molar-refractivity contribution in [1.29, 1.82) is 0 Å². The lowest BCUT2D eigenvalue weighted by atomic mass is 9.81. The smallest absolute Gasteiger partial charge is 0.00954 e. The van der Waals surface area contributed by atoms with Gasteiger partial charge >= 0.3 is 0 Å². The van der Waals surface area contributed by atoms with E-state index in [-0.39, 0.29) is 0 Å². The van der Waals surface area contributed by atoms with Crippen molar-refractivity contribution >= 4 is 0 Å². The molecule has 1 aliphatic heterocycles. The lowest BCUT2D eigenvalue weighted by Gasteiger charge is -2.41. The Kier molecular flexibility index (Phi) is 8.14. The van der Waals surface area contributed by atoms with Gasteiger partial charge in [0.2, 0.25) is 0 Å². The summed E-state index contributed by atoms with van der Waals surface area (Å²) in [7, 11) is 0. The van der Waals surface area contributed by atoms with Crippen molar-refractivity contribution in [2.45, 2.75) is 103 Å². The van der Waals surface area contributed by atoms with Crippen LogP contribution in [0.2, 0.25) is 0 Å². The van der Waals surface area contributed by atoms with Gasteiger partial charge in [-0.15, -0.1) is 0 Å². The highest BCUT2D eigenvalue weighted by Crippen LogP contribution is 2.33. The minimum atomic E-state index is 0.944. The second-order valence-corrected chi connectivity index (χ2v) is 7.79. The third kappa shape index (κ3) is 5.93. The summed E-state index contributed by atoms with van der Waals surface area (Å²) in [6, 6.07) is 0.944. The quantitative estimate of drug-likeness (QED) is 0.494. The molecule has 0 aromatic heterocycles. The van der Waals surface area contributed by atoms with E-state index in [4.69, 9.17) is 0 Å². The first-order valence-electron chi connectivity index (χ1n) is 10.1. The molecule has 1 aliphatic carbocycles. The van der Waals surface area contributed by atoms with Crippen LogP contribution in [0.1, 0.15) is 97.3 Å². The normalized spacial score (nSPS) is 28.9. The van der Waals surface area contributed by atoms with E-state index in [9.17, 15) is 0 Å². The van der Waals surface area contributed by atoms with E-state index in [0.717, 1.165) is 17.9 Å². The predicted octanol–water partition coefficient (Wildman–Crippen LogP) is 6.03. The van der Waals surface area contributed by atoms with E-state index in [2.05, 4.69) is 18.7 Å². The maximum absolute atomic E-state index is 2.85. The molecule has 2 aliphatic rings. The maximum Gasteiger partial charge on any atom is 0.00954 e. The van der Waals surface area contributed by atoms with Crippen LogP contribution < -0.4 is 0 Å². The molecule has 0 atom stereocenters. The van der Waals surface area contributed by atoms with E-state index < -0.39 is 0 Å². The van der Waals surface area contributed by atoms with Gasteiger partial charge in [-0.2, -0.15) is 0 Å². The zero-order valence-electron chi connectivity index (χ0n) is 14.8. The number of nitrogens with zero attached hydrogens (tertiary/aromatic N) is 1. The average Bonchev–Trinajstić information content (AvgIpc) is 2.54. The van der Waals surface area contributed by atoms with Crippen LogP contribution in [0.4, 0.5) is 0 Å². The molecule has 0 aromatic carbocycles. The number of rotatable bonds is 8. The SMILES string of the molecule is CCCCCC1CCN(C2CCC(CCCC)CC2)CC1. The van der Waals surface area contributed by atoms with Gasteiger partial charge in [0, 0.05) is 6.04 Å². The third-order valence-electron chi connectivity index (χ3n) is 6.16. The average molecular weight is 294 g/mol. The van der Waals surface area contributed by atoms with Crippen LogP contribution in [0.15, 0.2) is 0 Å². The summed E-state index contributed by atoms with van der Waals surface area (Å²) < 4.78 is 0. The van der Waals surface area contributed by atoms with E-state index >= 15 is 0 Å². The van der Waals surface area contributed by atoms with Gasteiger partial charge < -0.3 is 4.90 Å². The Hall–Kier alpha value is -0.0400. The van der Waals surface area contributed by atoms with Crippen LogP contribution in [-0.4, -0.2) is 24.0 Å². The highest BCUT2D eigenvalue weighted by Gasteiger charge is 2.28. The van der Waals surface area contributed by atoms with Crippen molar-refractivity contribution in [2.75, 3.05) is 13.1 Å². The van der Waals surface area contributed by atoms with Crippen LogP contribution in [0.25, 0.3) is 0 Å². The van der Waals surface area contributed by atoms with Crippen molar-refractivity contribution in [3.05, 3.63) is 0 Å². The summed E-state index contributed by atoms with van der Waals surface area (Å²) in [5, 5.41) is 0. The maximum atomic E-state index is 2.85. The molecule has 0 spiro atoms. The fraction of sp³-hybridized carbons (Fsp3) is 1.00. The summed E-state index contributed by atoms with van der Waals surface area (Å²) in [4.78, 5) is 2.85. The lowest BCUT2D eigenvalue weighted by Crippen LogP contribution is -2.43. The Morgan fingerprint density at radius 1 is 0.667 bits per heavy atom. The molecule has 1 saturated heterocycles. The predicted molar refractivity (Wildman–Crippen MR) is 93.7 cm³/mol. The number of hydrogen-bond donors (Lipinski definition) is 0. The minimum Gasteiger partial charge on any atom is -0.300 e. The molecule has 1 heteroatoms. The van der Waals surface area contributed by atoms with Crippen LogP contribution in [-0.2, 0) is 0 Å². The molecule has 21 heavy (non-hydrogen) atoms. The summed E-state index contributed by atoms with van der Waals surface area (Å²) in [6.07, 6.45) is 19.1. The summed E-state index contributed by atoms with van der Waals surface area (Å²) in [5.74, 6) is 2.11. The standard InChI is InChI=1S/C20H39N/c1-3-5-7-9-19-14-16-21(17-15-19)20-12-10-18(11-13-20)8-6-4-2/h18-20H,3-17H2,1-2H3. The Bertz CT molecular complexity index is 247. The van der Waals surface area contributed by atoms with E-state index in [1.54, 1.807) is 0 Å². The van der Waals surface area contributed by atoms with Gasteiger partial charge in [0.25, 0.3) is 0 Å². The second kappa shape index (κ2) is 9.87. The summed E-state index contributed by atoms with van der Waals surface area (Å²) in [6.45, 7) is 7.46. The first kappa shape index (κ1) is 17.3. The van der Waals surface area contributed by atoms with Gasteiger partial charge in [-0.05, 0) is 63.5 Å². The molecule has 0 N–H and O–H groups in total. The molecule has 1 saturated carbocycles. The van der Waals surface area contributed by atoms with Crippen LogP contribution in [0.5, 0.6) is 0 Å². The molecular weight excluding hydrogens is 254 g/mol. The Balaban J connectivity index is 1.60. The highest BCUT2D eigenvalue weighted by molar-refractivity contribution is 4.83. The fourth-order valence-corrected chi connectivity index (χ4v) is 4.58. The fourth-order valence-electron chi connectivity index (χ4n) is 4.58. The Morgan fingerprint density at radius 3 is 1.86 bits per heavy atom. The monoisotopic (exact) mass is 293 g/mol. The molecule has 2 rings (SSSR count). The first-order valence-corrected chi connectivity index (χ1v) is 10.1. The highest BCUT2D eigenvalue weighted by atomic mass is 15.2. The van der Waals surface area contributed by atoms with Crippen molar-refractivity contribution < 1.29 is 0 Å². The molecule has 0 radical (unpaired) electrons. The van der Waals surface area contributed by atoms with Gasteiger partial charge in [-0.1, -0.05) is 58.8 Å². The van der Waals surface area contributed by atoms with E-state index in [1.165, 1.54) is 96.6 Å². The molecule has 124 valence electrons. The van der Waals surface area contributed by atoms with Gasteiger partial charge in [0.05, 0.1) is 0 Å². The van der Waals surface area contributed by atoms with Crippen LogP contribution in [0.3, 0.4) is 0 Å². The zero-order chi connectivity index (χ0) is 14.9. The zero-order valence-corrected chi connectivity index (χ0v) is 14.8. The molecule has 2 fully saturated rings. The number of likely N-dealkylation sites (tertiary alicyclic amines) is 1. The van der Waals surface area contributed by atoms with Crippen molar-refractivity contribution in [3.63, 3.8) is 0 Å². The van der Waals surface area contributed by atoms with Gasteiger partial charge in [-0.25, -0.2) is 0 Å². The topological polar surface area (TPSA) is 3.24 Å². The lowest BCUT2D eigenvalue weighted by molar-refractivity contribution is 0.0901.